The zero-order chi connectivity index (χ0) is 19.6. The van der Waals surface area contributed by atoms with Crippen LogP contribution in [-0.2, 0) is 4.79 Å². The van der Waals surface area contributed by atoms with Crippen LogP contribution >= 0.6 is 20.8 Å². The molecule has 10 heteroatoms. The minimum Gasteiger partial charge on any atom is -0.383 e. The largest absolute Gasteiger partial charge is 0.383 e. The Morgan fingerprint density at radius 3 is 2.62 bits per heavy atom. The van der Waals surface area contributed by atoms with E-state index in [1.807, 2.05) is 0 Å². The van der Waals surface area contributed by atoms with Crippen molar-refractivity contribution in [1.82, 2.24) is 10.1 Å². The summed E-state index contributed by atoms with van der Waals surface area (Å²) in [5.41, 5.74) is -5.27. The van der Waals surface area contributed by atoms with Gasteiger partial charge in [-0.3, -0.25) is 4.79 Å². The summed E-state index contributed by atoms with van der Waals surface area (Å²) in [7, 11) is 4.10. The van der Waals surface area contributed by atoms with Crippen molar-refractivity contribution in [3.05, 3.63) is 46.6 Å². The van der Waals surface area contributed by atoms with Crippen LogP contribution in [0.2, 0.25) is 5.02 Å². The van der Waals surface area contributed by atoms with Crippen molar-refractivity contribution in [2.75, 3.05) is 14.1 Å². The molecule has 0 amide bonds. The highest BCUT2D eigenvalue weighted by Gasteiger charge is 2.39. The van der Waals surface area contributed by atoms with Gasteiger partial charge in [0.25, 0.3) is 0 Å². The van der Waals surface area contributed by atoms with Crippen LogP contribution < -0.4 is 0 Å². The summed E-state index contributed by atoms with van der Waals surface area (Å²) in [6.45, 7) is 0. The number of alkyl halides is 2. The highest BCUT2D eigenvalue weighted by molar-refractivity contribution is 7.20. The summed E-state index contributed by atoms with van der Waals surface area (Å²) in [5.74, 6) is -2.88. The molecule has 0 saturated heterocycles. The number of carbonyl (C=O) groups is 1. The molecule has 1 atom stereocenters. The maximum Gasteiger partial charge on any atom is 0.320 e. The number of aromatic nitrogens is 1. The monoisotopic (exact) mass is 401 g/mol. The average molecular weight is 402 g/mol. The highest BCUT2D eigenvalue weighted by Crippen LogP contribution is 2.37. The fraction of sp³-hybridized carbons (Fsp3) is 0.188. The van der Waals surface area contributed by atoms with Crippen molar-refractivity contribution in [3.63, 3.8) is 0 Å². The lowest BCUT2D eigenvalue weighted by atomic mass is 10.0. The van der Waals surface area contributed by atoms with Gasteiger partial charge in [0.2, 0.25) is 5.78 Å². The van der Waals surface area contributed by atoms with Crippen molar-refractivity contribution >= 4 is 32.2 Å². The highest BCUT2D eigenvalue weighted by atomic mass is 35.5. The normalized spacial score (nSPS) is 12.0. The molecule has 26 heavy (non-hydrogen) atoms. The molecule has 1 unspecified atom stereocenters. The molecular weight excluding hydrogens is 390 g/mol. The van der Waals surface area contributed by atoms with Gasteiger partial charge in [0, 0.05) is 20.3 Å². The zero-order valence-electron chi connectivity index (χ0n) is 13.6. The van der Waals surface area contributed by atoms with Crippen LogP contribution in [0.4, 0.5) is 13.2 Å². The fourth-order valence-electron chi connectivity index (χ4n) is 2.13. The van der Waals surface area contributed by atoms with Gasteiger partial charge in [-0.05, 0) is 12.1 Å². The fourth-order valence-corrected chi connectivity index (χ4v) is 2.54. The second-order valence-electron chi connectivity index (χ2n) is 5.40. The summed E-state index contributed by atoms with van der Waals surface area (Å²) in [5, 5.41) is 13.0. The second kappa shape index (κ2) is 7.48. The number of ketones is 1. The lowest BCUT2D eigenvalue weighted by Crippen LogP contribution is -2.23. The number of nitrogens with zero attached hydrogens (tertiary/aromatic N) is 3. The number of Topliss-reactive ketones (excluding diaryl/α,β-unsaturated/α-hetero) is 1. The lowest BCUT2D eigenvalue weighted by Gasteiger charge is -2.13. The first kappa shape index (κ1) is 20.0. The van der Waals surface area contributed by atoms with E-state index in [2.05, 4.69) is 5.16 Å². The lowest BCUT2D eigenvalue weighted by molar-refractivity contribution is -0.126. The van der Waals surface area contributed by atoms with Crippen LogP contribution in [0.3, 0.4) is 0 Å². The van der Waals surface area contributed by atoms with E-state index >= 15 is 0 Å². The second-order valence-corrected chi connectivity index (χ2v) is 6.53. The number of rotatable bonds is 5. The number of carbonyl (C=O) groups excluding carboxylic acids is 1. The maximum atomic E-state index is 14.1. The smallest absolute Gasteiger partial charge is 0.320 e. The van der Waals surface area contributed by atoms with E-state index < -0.39 is 28.6 Å². The van der Waals surface area contributed by atoms with Gasteiger partial charge in [-0.15, -0.1) is 0 Å². The number of hydrogen-bond donors (Lipinski definition) is 0. The molecule has 0 fully saturated rings. The van der Waals surface area contributed by atoms with Gasteiger partial charge < -0.3 is 9.42 Å². The van der Waals surface area contributed by atoms with Crippen molar-refractivity contribution < 1.29 is 22.5 Å². The minimum absolute atomic E-state index is 0.0535. The molecule has 1 aromatic carbocycles. The number of halogens is 4. The topological polar surface area (TPSA) is 70.1 Å². The summed E-state index contributed by atoms with van der Waals surface area (Å²) in [6, 6.07) is 5.53. The Labute approximate surface area is 154 Å². The molecule has 0 saturated carbocycles. The first-order valence-corrected chi connectivity index (χ1v) is 7.97. The predicted molar refractivity (Wildman–Crippen MR) is 93.0 cm³/mol. The summed E-state index contributed by atoms with van der Waals surface area (Å²) < 4.78 is 46.2. The van der Waals surface area contributed by atoms with Gasteiger partial charge in [-0.1, -0.05) is 32.1 Å². The number of hydrogen-bond acceptors (Lipinski definition) is 5. The molecule has 0 aliphatic heterocycles. The molecule has 0 aliphatic carbocycles. The van der Waals surface area contributed by atoms with Gasteiger partial charge >= 0.3 is 5.66 Å². The van der Waals surface area contributed by atoms with Gasteiger partial charge in [0.15, 0.2) is 5.76 Å². The molecule has 0 radical (unpaired) electrons. The van der Waals surface area contributed by atoms with Gasteiger partial charge in [-0.2, -0.15) is 14.0 Å². The maximum absolute atomic E-state index is 14.1. The number of nitriles is 1. The molecule has 136 valence electrons. The Hall–Kier alpha value is -2.36. The van der Waals surface area contributed by atoms with Crippen molar-refractivity contribution in [1.29, 1.82) is 5.26 Å². The molecule has 0 N–H and O–H groups in total. The summed E-state index contributed by atoms with van der Waals surface area (Å²) in [6.07, 6.45) is 1.06. The first-order valence-electron chi connectivity index (χ1n) is 7.02. The van der Waals surface area contributed by atoms with E-state index in [9.17, 15) is 23.2 Å². The number of allylic oxidation sites excluding steroid dienone is 1. The van der Waals surface area contributed by atoms with Gasteiger partial charge in [0.05, 0.1) is 16.2 Å². The molecule has 1 heterocycles. The van der Waals surface area contributed by atoms with E-state index in [1.165, 1.54) is 31.1 Å². The molecule has 5 nitrogen and oxygen atoms in total. The third-order valence-electron chi connectivity index (χ3n) is 3.18. The van der Waals surface area contributed by atoms with Crippen LogP contribution in [-0.4, -0.2) is 35.6 Å². The van der Waals surface area contributed by atoms with Crippen molar-refractivity contribution in [2.45, 2.75) is 5.66 Å². The summed E-state index contributed by atoms with van der Waals surface area (Å²) >= 11 is 5.96. The quantitative estimate of drug-likeness (QED) is 0.560. The van der Waals surface area contributed by atoms with Gasteiger partial charge in [0.1, 0.15) is 23.1 Å². The molecule has 1 aromatic heterocycles. The number of benzene rings is 1. The molecule has 0 aliphatic rings. The Morgan fingerprint density at radius 2 is 2.12 bits per heavy atom. The minimum atomic E-state index is -3.79. The van der Waals surface area contributed by atoms with Crippen LogP contribution in [0.25, 0.3) is 16.8 Å². The molecular formula is C16H12ClF3N3O2P. The van der Waals surface area contributed by atoms with Crippen LogP contribution in [0, 0.1) is 17.1 Å². The third kappa shape index (κ3) is 3.90. The third-order valence-corrected chi connectivity index (χ3v) is 3.76. The Balaban J connectivity index is 2.73. The van der Waals surface area contributed by atoms with Crippen LogP contribution in [0.1, 0.15) is 11.3 Å². The van der Waals surface area contributed by atoms with Gasteiger partial charge in [-0.25, -0.2) is 4.39 Å². The average Bonchev–Trinajstić information content (AvgIpc) is 2.94. The Bertz CT molecular complexity index is 910. The summed E-state index contributed by atoms with van der Waals surface area (Å²) in [4.78, 5) is 13.4. The molecule has 0 bridgehead atoms. The molecule has 0 spiro atoms. The van der Waals surface area contributed by atoms with E-state index in [0.29, 0.717) is 0 Å². The zero-order valence-corrected chi connectivity index (χ0v) is 15.5. The Morgan fingerprint density at radius 1 is 1.46 bits per heavy atom. The van der Waals surface area contributed by atoms with E-state index in [-0.39, 0.29) is 21.8 Å². The van der Waals surface area contributed by atoms with Crippen molar-refractivity contribution in [2.24, 2.45) is 0 Å². The van der Waals surface area contributed by atoms with Crippen LogP contribution in [0.15, 0.2) is 28.9 Å². The SMILES string of the molecule is CN(C)/C=C(\C(=O)C(F)(F)P)c1onc(-c2c(F)cccc2Cl)c1C#N. The molecule has 2 aromatic rings. The standard InChI is InChI=1S/C16H12ClF3N3O2P/c1-23(2)7-9(15(24)16(19,20)26)14-8(6-21)13(22-25-14)12-10(17)4-3-5-11(12)18/h3-5,7H,26H2,1-2H3/b9-7-. The Kier molecular flexibility index (Phi) is 5.74. The van der Waals surface area contributed by atoms with E-state index in [0.717, 1.165) is 21.5 Å². The molecule has 2 rings (SSSR count). The van der Waals surface area contributed by atoms with E-state index in [4.69, 9.17) is 16.1 Å². The van der Waals surface area contributed by atoms with Crippen LogP contribution in [0.5, 0.6) is 0 Å². The predicted octanol–water partition coefficient (Wildman–Crippen LogP) is 3.95. The van der Waals surface area contributed by atoms with Crippen molar-refractivity contribution in [3.8, 4) is 17.3 Å². The first-order chi connectivity index (χ1) is 12.1. The van der Waals surface area contributed by atoms with E-state index in [1.54, 1.807) is 6.07 Å².